The van der Waals surface area contributed by atoms with Crippen LogP contribution in [0.1, 0.15) is 120 Å². The third-order valence-corrected chi connectivity index (χ3v) is 12.6. The van der Waals surface area contributed by atoms with Crippen LogP contribution in [0.3, 0.4) is 0 Å². The van der Waals surface area contributed by atoms with Crippen LogP contribution in [0, 0.1) is 51.2 Å². The standard InChI is InChI=1S/C32H54O2/c1-21(2)11-10-12-22(3)24-16-19-32(9)27-13-14-28-29(5,6)25(23(4)34-33)15-18-30(28,7)26(27)17-20-31(24,32)8/h11,14,22-27,33H,10,12-13,15-20H2,1-9H3. The summed E-state index contributed by atoms with van der Waals surface area (Å²) in [5.41, 5.74) is 4.46. The van der Waals surface area contributed by atoms with Crippen molar-refractivity contribution in [3.8, 4) is 0 Å². The molecule has 0 aromatic heterocycles. The van der Waals surface area contributed by atoms with Crippen molar-refractivity contribution in [1.82, 2.24) is 0 Å². The van der Waals surface area contributed by atoms with Gasteiger partial charge in [0, 0.05) is 0 Å². The molecule has 0 aliphatic heterocycles. The minimum atomic E-state index is -0.103. The third kappa shape index (κ3) is 3.80. The monoisotopic (exact) mass is 470 g/mol. The van der Waals surface area contributed by atoms with Crippen molar-refractivity contribution in [3.63, 3.8) is 0 Å². The maximum atomic E-state index is 9.46. The number of allylic oxidation sites excluding steroid dienone is 4. The molecular formula is C32H54O2. The first-order valence-electron chi connectivity index (χ1n) is 14.5. The van der Waals surface area contributed by atoms with E-state index in [1.165, 1.54) is 56.9 Å². The largest absolute Gasteiger partial charge is 0.252 e. The summed E-state index contributed by atoms with van der Waals surface area (Å²) in [6, 6.07) is 0. The molecule has 9 atom stereocenters. The molecule has 2 nitrogen and oxygen atoms in total. The summed E-state index contributed by atoms with van der Waals surface area (Å²) in [6.45, 7) is 21.9. The summed E-state index contributed by atoms with van der Waals surface area (Å²) in [7, 11) is 0. The van der Waals surface area contributed by atoms with Gasteiger partial charge in [-0.3, -0.25) is 5.26 Å². The maximum absolute atomic E-state index is 9.46. The quantitative estimate of drug-likeness (QED) is 0.238. The summed E-state index contributed by atoms with van der Waals surface area (Å²) in [4.78, 5) is 4.87. The molecular weight excluding hydrogens is 416 g/mol. The zero-order valence-corrected chi connectivity index (χ0v) is 23.8. The van der Waals surface area contributed by atoms with Crippen LogP contribution in [0.15, 0.2) is 23.3 Å². The van der Waals surface area contributed by atoms with E-state index in [4.69, 9.17) is 4.89 Å². The predicted octanol–water partition coefficient (Wildman–Crippen LogP) is 9.47. The lowest BCUT2D eigenvalue weighted by molar-refractivity contribution is -0.294. The fourth-order valence-electron chi connectivity index (χ4n) is 10.5. The molecule has 1 N–H and O–H groups in total. The van der Waals surface area contributed by atoms with Crippen molar-refractivity contribution in [3.05, 3.63) is 23.3 Å². The van der Waals surface area contributed by atoms with Crippen LogP contribution in [0.25, 0.3) is 0 Å². The molecule has 0 spiro atoms. The van der Waals surface area contributed by atoms with Crippen LogP contribution in [0.2, 0.25) is 0 Å². The van der Waals surface area contributed by atoms with Crippen molar-refractivity contribution < 1.29 is 10.1 Å². The summed E-state index contributed by atoms with van der Waals surface area (Å²) in [5.74, 6) is 3.69. The second-order valence-corrected chi connectivity index (χ2v) is 14.5. The zero-order chi connectivity index (χ0) is 25.1. The third-order valence-electron chi connectivity index (χ3n) is 12.6. The Hall–Kier alpha value is -0.600. The fraction of sp³-hybridized carbons (Fsp3) is 0.875. The van der Waals surface area contributed by atoms with E-state index in [1.54, 1.807) is 5.57 Å². The number of hydrogen-bond acceptors (Lipinski definition) is 2. The van der Waals surface area contributed by atoms with Crippen LogP contribution in [0.5, 0.6) is 0 Å². The number of fused-ring (bicyclic) bond motifs is 5. The van der Waals surface area contributed by atoms with Crippen LogP contribution >= 0.6 is 0 Å². The van der Waals surface area contributed by atoms with E-state index >= 15 is 0 Å². The van der Waals surface area contributed by atoms with E-state index in [1.807, 2.05) is 6.92 Å². The smallest absolute Gasteiger partial charge is 0.0935 e. The SMILES string of the molecule is CC(C)=CCCC(C)C1CCC2(C)C3CC=C4C(C)(C)C(C(C)OO)CCC4(C)C3CCC12C. The average Bonchev–Trinajstić information content (AvgIpc) is 3.04. The Morgan fingerprint density at radius 2 is 1.62 bits per heavy atom. The van der Waals surface area contributed by atoms with Crippen LogP contribution < -0.4 is 0 Å². The molecule has 4 aliphatic rings. The Balaban J connectivity index is 1.61. The molecule has 0 heterocycles. The Kier molecular flexibility index (Phi) is 7.05. The lowest BCUT2D eigenvalue weighted by atomic mass is 9.39. The first-order valence-corrected chi connectivity index (χ1v) is 14.5. The maximum Gasteiger partial charge on any atom is 0.0935 e. The van der Waals surface area contributed by atoms with Gasteiger partial charge in [0.05, 0.1) is 6.10 Å². The minimum Gasteiger partial charge on any atom is -0.252 e. The van der Waals surface area contributed by atoms with Crippen LogP contribution in [-0.2, 0) is 4.89 Å². The van der Waals surface area contributed by atoms with Gasteiger partial charge in [0.2, 0.25) is 0 Å². The highest BCUT2D eigenvalue weighted by Crippen LogP contribution is 2.74. The highest BCUT2D eigenvalue weighted by molar-refractivity contribution is 5.32. The van der Waals surface area contributed by atoms with Gasteiger partial charge in [0.1, 0.15) is 0 Å². The van der Waals surface area contributed by atoms with E-state index in [0.29, 0.717) is 22.2 Å². The van der Waals surface area contributed by atoms with Crippen LogP contribution in [-0.4, -0.2) is 11.4 Å². The van der Waals surface area contributed by atoms with Crippen molar-refractivity contribution in [2.45, 2.75) is 126 Å². The van der Waals surface area contributed by atoms with Gasteiger partial charge in [-0.2, -0.15) is 0 Å². The summed E-state index contributed by atoms with van der Waals surface area (Å²) < 4.78 is 0. The molecule has 2 heteroatoms. The normalized spacial score (nSPS) is 44.8. The first-order chi connectivity index (χ1) is 15.8. The van der Waals surface area contributed by atoms with Crippen molar-refractivity contribution in [2.24, 2.45) is 51.2 Å². The molecule has 34 heavy (non-hydrogen) atoms. The van der Waals surface area contributed by atoms with E-state index in [2.05, 4.69) is 67.5 Å². The van der Waals surface area contributed by atoms with Gasteiger partial charge in [-0.1, -0.05) is 64.8 Å². The highest BCUT2D eigenvalue weighted by Gasteiger charge is 2.66. The van der Waals surface area contributed by atoms with Gasteiger partial charge in [-0.15, -0.1) is 0 Å². The number of hydrogen-bond donors (Lipinski definition) is 1. The van der Waals surface area contributed by atoms with Gasteiger partial charge < -0.3 is 0 Å². The molecule has 194 valence electrons. The summed E-state index contributed by atoms with van der Waals surface area (Å²) in [6.07, 6.45) is 16.9. The molecule has 4 rings (SSSR count). The van der Waals surface area contributed by atoms with Gasteiger partial charge in [-0.05, 0) is 130 Å². The second kappa shape index (κ2) is 9.05. The van der Waals surface area contributed by atoms with E-state index in [-0.39, 0.29) is 11.5 Å². The molecule has 0 aromatic carbocycles. The first kappa shape index (κ1) is 26.5. The minimum absolute atomic E-state index is 0.0828. The fourth-order valence-corrected chi connectivity index (χ4v) is 10.5. The lowest BCUT2D eigenvalue weighted by Gasteiger charge is -2.65. The Bertz CT molecular complexity index is 819. The molecule has 3 saturated carbocycles. The van der Waals surface area contributed by atoms with E-state index in [9.17, 15) is 5.26 Å². The molecule has 0 amide bonds. The highest BCUT2D eigenvalue weighted by atomic mass is 17.1. The molecule has 0 bridgehead atoms. The van der Waals surface area contributed by atoms with E-state index in [0.717, 1.165) is 30.1 Å². The molecule has 4 aliphatic carbocycles. The molecule has 3 fully saturated rings. The number of rotatable bonds is 6. The van der Waals surface area contributed by atoms with Crippen molar-refractivity contribution in [2.75, 3.05) is 0 Å². The Morgan fingerprint density at radius 1 is 0.971 bits per heavy atom. The summed E-state index contributed by atoms with van der Waals surface area (Å²) >= 11 is 0. The Morgan fingerprint density at radius 3 is 2.26 bits per heavy atom. The zero-order valence-electron chi connectivity index (χ0n) is 23.8. The van der Waals surface area contributed by atoms with Gasteiger partial charge in [0.25, 0.3) is 0 Å². The van der Waals surface area contributed by atoms with Crippen molar-refractivity contribution in [1.29, 1.82) is 0 Å². The summed E-state index contributed by atoms with van der Waals surface area (Å²) in [5, 5.41) is 9.46. The molecule has 9 unspecified atom stereocenters. The Labute approximate surface area is 210 Å². The molecule has 0 aromatic rings. The topological polar surface area (TPSA) is 29.5 Å². The van der Waals surface area contributed by atoms with Crippen LogP contribution in [0.4, 0.5) is 0 Å². The second-order valence-electron chi connectivity index (χ2n) is 14.5. The lowest BCUT2D eigenvalue weighted by Crippen LogP contribution is -2.58. The van der Waals surface area contributed by atoms with Gasteiger partial charge in [-0.25, -0.2) is 4.89 Å². The van der Waals surface area contributed by atoms with Crippen molar-refractivity contribution >= 4 is 0 Å². The molecule has 0 saturated heterocycles. The predicted molar refractivity (Wildman–Crippen MR) is 143 cm³/mol. The van der Waals surface area contributed by atoms with Gasteiger partial charge >= 0.3 is 0 Å². The average molecular weight is 471 g/mol. The van der Waals surface area contributed by atoms with Gasteiger partial charge in [0.15, 0.2) is 0 Å². The molecule has 0 radical (unpaired) electrons. The van der Waals surface area contributed by atoms with E-state index < -0.39 is 0 Å².